The molecule has 0 radical (unpaired) electrons. The maximum atomic E-state index is 8.80. The van der Waals surface area contributed by atoms with E-state index in [1.807, 2.05) is 32.9 Å². The van der Waals surface area contributed by atoms with Gasteiger partial charge in [0.2, 0.25) is 0 Å². The summed E-state index contributed by atoms with van der Waals surface area (Å²) in [6.45, 7) is 5.89. The van der Waals surface area contributed by atoms with E-state index in [1.54, 1.807) is 12.1 Å². The number of benzene rings is 1. The molecule has 1 aromatic carbocycles. The number of hydrogen-bond donors (Lipinski definition) is 0. The Morgan fingerprint density at radius 2 is 1.86 bits per heavy atom. The molecule has 0 atom stereocenters. The van der Waals surface area contributed by atoms with Gasteiger partial charge >= 0.3 is 0 Å². The first-order valence-corrected chi connectivity index (χ1v) is 4.45. The summed E-state index contributed by atoms with van der Waals surface area (Å²) in [5.74, 6) is 0. The van der Waals surface area contributed by atoms with Crippen LogP contribution in [0.5, 0.6) is 0 Å². The Labute approximate surface area is 84.1 Å². The number of hydrogen-bond acceptors (Lipinski definition) is 3. The van der Waals surface area contributed by atoms with E-state index >= 15 is 0 Å². The molecule has 0 spiro atoms. The van der Waals surface area contributed by atoms with Crippen molar-refractivity contribution in [2.75, 3.05) is 0 Å². The lowest BCUT2D eigenvalue weighted by molar-refractivity contribution is 0.552. The minimum Gasteiger partial charge on any atom is -0.192 e. The van der Waals surface area contributed by atoms with E-state index in [0.29, 0.717) is 11.3 Å². The van der Waals surface area contributed by atoms with Crippen LogP contribution in [0.25, 0.3) is 0 Å². The third kappa shape index (κ3) is 2.98. The molecule has 0 amide bonds. The number of rotatable bonds is 1. The van der Waals surface area contributed by atoms with E-state index in [4.69, 9.17) is 5.26 Å². The molecular formula is C11H13N3. The van der Waals surface area contributed by atoms with Gasteiger partial charge in [-0.1, -0.05) is 12.1 Å². The molecule has 0 heterocycles. The van der Waals surface area contributed by atoms with Crippen LogP contribution in [0, 0.1) is 11.3 Å². The van der Waals surface area contributed by atoms with Gasteiger partial charge in [-0.2, -0.15) is 15.5 Å². The van der Waals surface area contributed by atoms with Gasteiger partial charge in [0.1, 0.15) is 11.8 Å². The fraction of sp³-hybridized carbons (Fsp3) is 0.364. The monoisotopic (exact) mass is 187 g/mol. The van der Waals surface area contributed by atoms with Crippen molar-refractivity contribution in [2.45, 2.75) is 26.3 Å². The minimum atomic E-state index is -0.206. The zero-order valence-corrected chi connectivity index (χ0v) is 8.65. The lowest BCUT2D eigenvalue weighted by Crippen LogP contribution is -2.07. The fourth-order valence-corrected chi connectivity index (χ4v) is 0.859. The smallest absolute Gasteiger partial charge is 0.103 e. The van der Waals surface area contributed by atoms with Gasteiger partial charge in [0, 0.05) is 0 Å². The molecular weight excluding hydrogens is 174 g/mol. The molecule has 0 aromatic heterocycles. The van der Waals surface area contributed by atoms with Gasteiger partial charge in [0.05, 0.1) is 11.1 Å². The molecule has 1 rings (SSSR count). The summed E-state index contributed by atoms with van der Waals surface area (Å²) in [5.41, 5.74) is 0.980. The Morgan fingerprint density at radius 3 is 2.43 bits per heavy atom. The quantitative estimate of drug-likeness (QED) is 0.621. The molecule has 3 nitrogen and oxygen atoms in total. The highest BCUT2D eigenvalue weighted by Crippen LogP contribution is 2.20. The molecule has 0 fully saturated rings. The number of nitriles is 1. The van der Waals surface area contributed by atoms with E-state index in [1.165, 1.54) is 0 Å². The highest BCUT2D eigenvalue weighted by Gasteiger charge is 2.07. The molecule has 0 bridgehead atoms. The van der Waals surface area contributed by atoms with Crippen LogP contribution in [0.15, 0.2) is 34.5 Å². The van der Waals surface area contributed by atoms with E-state index in [9.17, 15) is 0 Å². The van der Waals surface area contributed by atoms with Crippen molar-refractivity contribution in [1.82, 2.24) is 0 Å². The predicted octanol–water partition coefficient (Wildman–Crippen LogP) is 3.44. The maximum Gasteiger partial charge on any atom is 0.103 e. The summed E-state index contributed by atoms with van der Waals surface area (Å²) < 4.78 is 0. The Balaban J connectivity index is 2.99. The molecule has 0 N–H and O–H groups in total. The first-order chi connectivity index (χ1) is 6.53. The number of azo groups is 1. The highest BCUT2D eigenvalue weighted by atomic mass is 15.1. The van der Waals surface area contributed by atoms with Crippen molar-refractivity contribution < 1.29 is 0 Å². The van der Waals surface area contributed by atoms with Crippen LogP contribution in [0.1, 0.15) is 26.3 Å². The third-order valence-corrected chi connectivity index (χ3v) is 1.48. The fourth-order valence-electron chi connectivity index (χ4n) is 0.859. The van der Waals surface area contributed by atoms with Gasteiger partial charge in [-0.25, -0.2) is 0 Å². The molecule has 1 aromatic rings. The predicted molar refractivity (Wildman–Crippen MR) is 55.4 cm³/mol. The summed E-state index contributed by atoms with van der Waals surface area (Å²) >= 11 is 0. The first kappa shape index (κ1) is 10.4. The molecule has 72 valence electrons. The summed E-state index contributed by atoms with van der Waals surface area (Å²) in [4.78, 5) is 0. The average Bonchev–Trinajstić information content (AvgIpc) is 2.14. The van der Waals surface area contributed by atoms with Crippen molar-refractivity contribution in [1.29, 1.82) is 5.26 Å². The van der Waals surface area contributed by atoms with Crippen LogP contribution in [0.2, 0.25) is 0 Å². The average molecular weight is 187 g/mol. The zero-order valence-electron chi connectivity index (χ0n) is 8.65. The van der Waals surface area contributed by atoms with E-state index in [-0.39, 0.29) is 5.54 Å². The van der Waals surface area contributed by atoms with Gasteiger partial charge in [-0.05, 0) is 32.9 Å². The molecule has 0 unspecified atom stereocenters. The van der Waals surface area contributed by atoms with Crippen molar-refractivity contribution in [3.63, 3.8) is 0 Å². The van der Waals surface area contributed by atoms with Crippen LogP contribution in [-0.2, 0) is 0 Å². The van der Waals surface area contributed by atoms with Crippen LogP contribution in [0.4, 0.5) is 5.69 Å². The topological polar surface area (TPSA) is 48.5 Å². The molecule has 0 saturated carbocycles. The normalized spacial score (nSPS) is 11.6. The molecule has 0 aliphatic carbocycles. The SMILES string of the molecule is CC(C)(C)N=Nc1ccccc1C#N. The van der Waals surface area contributed by atoms with Gasteiger partial charge in [0.25, 0.3) is 0 Å². The Kier molecular flexibility index (Phi) is 2.98. The van der Waals surface area contributed by atoms with Gasteiger partial charge in [-0.3, -0.25) is 0 Å². The molecule has 14 heavy (non-hydrogen) atoms. The van der Waals surface area contributed by atoms with Crippen molar-refractivity contribution in [3.05, 3.63) is 29.8 Å². The van der Waals surface area contributed by atoms with E-state index in [2.05, 4.69) is 16.3 Å². The third-order valence-electron chi connectivity index (χ3n) is 1.48. The minimum absolute atomic E-state index is 0.206. The number of nitrogens with zero attached hydrogens (tertiary/aromatic N) is 3. The second-order valence-corrected chi connectivity index (χ2v) is 4.00. The van der Waals surface area contributed by atoms with Crippen LogP contribution in [0.3, 0.4) is 0 Å². The summed E-state index contributed by atoms with van der Waals surface area (Å²) in [5, 5.41) is 17.0. The second-order valence-electron chi connectivity index (χ2n) is 4.00. The summed E-state index contributed by atoms with van der Waals surface area (Å²) in [6.07, 6.45) is 0. The molecule has 0 aliphatic rings. The van der Waals surface area contributed by atoms with Crippen molar-refractivity contribution in [2.24, 2.45) is 10.2 Å². The Hall–Kier alpha value is -1.69. The van der Waals surface area contributed by atoms with Crippen LogP contribution in [-0.4, -0.2) is 5.54 Å². The standard InChI is InChI=1S/C11H13N3/c1-11(2,3)14-13-10-7-5-4-6-9(10)8-12/h4-7H,1-3H3. The Bertz CT molecular complexity index is 380. The lowest BCUT2D eigenvalue weighted by atomic mass is 10.1. The van der Waals surface area contributed by atoms with E-state index < -0.39 is 0 Å². The first-order valence-electron chi connectivity index (χ1n) is 4.45. The zero-order chi connectivity index (χ0) is 10.6. The van der Waals surface area contributed by atoms with Gasteiger partial charge in [0.15, 0.2) is 0 Å². The lowest BCUT2D eigenvalue weighted by Gasteiger charge is -2.08. The second kappa shape index (κ2) is 4.01. The van der Waals surface area contributed by atoms with Crippen LogP contribution < -0.4 is 0 Å². The largest absolute Gasteiger partial charge is 0.192 e. The molecule has 0 saturated heterocycles. The van der Waals surface area contributed by atoms with E-state index in [0.717, 1.165) is 0 Å². The Morgan fingerprint density at radius 1 is 1.21 bits per heavy atom. The van der Waals surface area contributed by atoms with Crippen LogP contribution >= 0.6 is 0 Å². The van der Waals surface area contributed by atoms with Gasteiger partial charge in [-0.15, -0.1) is 0 Å². The molecule has 0 aliphatic heterocycles. The summed E-state index contributed by atoms with van der Waals surface area (Å²) in [6, 6.07) is 9.26. The van der Waals surface area contributed by atoms with Crippen molar-refractivity contribution >= 4 is 5.69 Å². The maximum absolute atomic E-state index is 8.80. The van der Waals surface area contributed by atoms with Gasteiger partial charge < -0.3 is 0 Å². The van der Waals surface area contributed by atoms with Crippen molar-refractivity contribution in [3.8, 4) is 6.07 Å². The summed E-state index contributed by atoms with van der Waals surface area (Å²) in [7, 11) is 0. The highest BCUT2D eigenvalue weighted by molar-refractivity contribution is 5.52. The molecule has 3 heteroatoms.